The van der Waals surface area contributed by atoms with E-state index in [1.165, 1.54) is 16.7 Å². The molecule has 0 spiro atoms. The molecular formula is C22H23N3O. The van der Waals surface area contributed by atoms with E-state index in [2.05, 4.69) is 52.9 Å². The van der Waals surface area contributed by atoms with Crippen LogP contribution in [-0.2, 0) is 0 Å². The summed E-state index contributed by atoms with van der Waals surface area (Å²) < 4.78 is 0. The van der Waals surface area contributed by atoms with Gasteiger partial charge in [-0.25, -0.2) is 4.79 Å². The monoisotopic (exact) mass is 345 g/mol. The van der Waals surface area contributed by atoms with Gasteiger partial charge in [-0.2, -0.15) is 0 Å². The molecule has 26 heavy (non-hydrogen) atoms. The minimum Gasteiger partial charge on any atom is -0.334 e. The van der Waals surface area contributed by atoms with Crippen LogP contribution in [0.4, 0.5) is 10.5 Å². The third-order valence-corrected chi connectivity index (χ3v) is 4.98. The smallest absolute Gasteiger partial charge is 0.319 e. The quantitative estimate of drug-likeness (QED) is 0.835. The summed E-state index contributed by atoms with van der Waals surface area (Å²) in [5, 5.41) is 5.98. The lowest BCUT2D eigenvalue weighted by molar-refractivity contribution is 0.251. The van der Waals surface area contributed by atoms with Gasteiger partial charge in [-0.05, 0) is 54.7 Å². The Hall–Kier alpha value is -2.88. The topological polar surface area (TPSA) is 53.5 Å². The van der Waals surface area contributed by atoms with Crippen molar-refractivity contribution in [3.8, 4) is 0 Å². The number of amides is 2. The number of carbonyl (C=O) groups excluding carboxylic acids is 1. The van der Waals surface area contributed by atoms with Gasteiger partial charge in [0.25, 0.3) is 0 Å². The molecule has 0 saturated heterocycles. The number of urea groups is 1. The molecule has 0 bridgehead atoms. The predicted molar refractivity (Wildman–Crippen MR) is 107 cm³/mol. The van der Waals surface area contributed by atoms with E-state index in [1.54, 1.807) is 0 Å². The molecule has 3 atom stereocenters. The lowest BCUT2D eigenvalue weighted by atomic mass is 9.97. The van der Waals surface area contributed by atoms with Crippen molar-refractivity contribution in [2.45, 2.75) is 37.8 Å². The van der Waals surface area contributed by atoms with Crippen molar-refractivity contribution in [3.63, 3.8) is 0 Å². The highest BCUT2D eigenvalue weighted by Crippen LogP contribution is 2.40. The van der Waals surface area contributed by atoms with Gasteiger partial charge in [0.1, 0.15) is 0 Å². The van der Waals surface area contributed by atoms with E-state index in [0.717, 1.165) is 18.5 Å². The summed E-state index contributed by atoms with van der Waals surface area (Å²) in [4.78, 5) is 16.6. The third kappa shape index (κ3) is 3.85. The zero-order valence-corrected chi connectivity index (χ0v) is 14.9. The molecule has 2 amide bonds. The van der Waals surface area contributed by atoms with Gasteiger partial charge >= 0.3 is 6.03 Å². The maximum atomic E-state index is 12.2. The largest absolute Gasteiger partial charge is 0.334 e. The highest BCUT2D eigenvalue weighted by Gasteiger charge is 2.39. The second-order valence-electron chi connectivity index (χ2n) is 7.08. The van der Waals surface area contributed by atoms with E-state index in [0.29, 0.717) is 12.0 Å². The van der Waals surface area contributed by atoms with Gasteiger partial charge < -0.3 is 10.6 Å². The molecule has 4 nitrogen and oxygen atoms in total. The Morgan fingerprint density at radius 1 is 1.08 bits per heavy atom. The first-order chi connectivity index (χ1) is 12.7. The molecule has 2 aliphatic rings. The van der Waals surface area contributed by atoms with E-state index in [4.69, 9.17) is 0 Å². The average molecular weight is 345 g/mol. The van der Waals surface area contributed by atoms with Crippen LogP contribution in [0.3, 0.4) is 0 Å². The number of carbonyl (C=O) groups is 1. The van der Waals surface area contributed by atoms with Crippen molar-refractivity contribution in [1.82, 2.24) is 5.32 Å². The minimum absolute atomic E-state index is 0.140. The number of nitrogens with one attached hydrogen (secondary N) is 2. The molecule has 0 aromatic heterocycles. The van der Waals surface area contributed by atoms with Crippen LogP contribution >= 0.6 is 0 Å². The molecule has 1 aliphatic heterocycles. The lowest BCUT2D eigenvalue weighted by Gasteiger charge is -2.15. The summed E-state index contributed by atoms with van der Waals surface area (Å²) in [6.45, 7) is 2.12. The van der Waals surface area contributed by atoms with Crippen molar-refractivity contribution in [2.75, 3.05) is 5.32 Å². The van der Waals surface area contributed by atoms with Gasteiger partial charge in [0.2, 0.25) is 0 Å². The third-order valence-electron chi connectivity index (χ3n) is 4.98. The molecule has 1 saturated carbocycles. The van der Waals surface area contributed by atoms with E-state index >= 15 is 0 Å². The molecule has 0 radical (unpaired) electrons. The van der Waals surface area contributed by atoms with Crippen molar-refractivity contribution < 1.29 is 4.79 Å². The first-order valence-corrected chi connectivity index (χ1v) is 9.14. The SMILES string of the molecule is CC1CC(c2ccc(NC(=O)N[C@@H]3C[C@H]3c3ccccc3)cc2)=CC=N1. The number of rotatable bonds is 4. The zero-order chi connectivity index (χ0) is 17.9. The lowest BCUT2D eigenvalue weighted by Crippen LogP contribution is -2.31. The molecule has 1 fully saturated rings. The van der Waals surface area contributed by atoms with Crippen LogP contribution in [0.5, 0.6) is 0 Å². The Bertz CT molecular complexity index is 839. The van der Waals surface area contributed by atoms with Crippen LogP contribution in [0, 0.1) is 0 Å². The number of aliphatic imine (C=N–C) groups is 1. The average Bonchev–Trinajstić information content (AvgIpc) is 3.42. The number of dihydropyridines is 1. The van der Waals surface area contributed by atoms with Crippen molar-refractivity contribution in [2.24, 2.45) is 4.99 Å². The molecule has 4 heteroatoms. The predicted octanol–water partition coefficient (Wildman–Crippen LogP) is 4.61. The summed E-state index contributed by atoms with van der Waals surface area (Å²) in [5.74, 6) is 0.436. The number of hydrogen-bond donors (Lipinski definition) is 2. The van der Waals surface area contributed by atoms with E-state index in [9.17, 15) is 4.79 Å². The standard InChI is InChI=1S/C22H23N3O/c1-15-13-18(11-12-23-15)16-7-9-19(10-8-16)24-22(26)25-21-14-20(21)17-5-3-2-4-6-17/h2-12,15,20-21H,13-14H2,1H3,(H2,24,25,26)/t15?,20-,21+/m0/s1. The first kappa shape index (κ1) is 16.6. The molecule has 132 valence electrons. The number of allylic oxidation sites excluding steroid dienone is 1. The van der Waals surface area contributed by atoms with Gasteiger partial charge in [-0.15, -0.1) is 0 Å². The number of benzene rings is 2. The zero-order valence-electron chi connectivity index (χ0n) is 14.9. The summed E-state index contributed by atoms with van der Waals surface area (Å²) >= 11 is 0. The van der Waals surface area contributed by atoms with Gasteiger partial charge in [-0.1, -0.05) is 42.5 Å². The summed E-state index contributed by atoms with van der Waals surface area (Å²) in [7, 11) is 0. The molecule has 2 N–H and O–H groups in total. The van der Waals surface area contributed by atoms with Gasteiger partial charge in [-0.3, -0.25) is 4.99 Å². The molecule has 2 aromatic carbocycles. The van der Waals surface area contributed by atoms with Gasteiger partial charge in [0, 0.05) is 23.9 Å². The van der Waals surface area contributed by atoms with Gasteiger partial charge in [0.15, 0.2) is 0 Å². The van der Waals surface area contributed by atoms with E-state index in [-0.39, 0.29) is 12.1 Å². The molecule has 1 aliphatic carbocycles. The molecule has 1 heterocycles. The van der Waals surface area contributed by atoms with E-state index in [1.807, 2.05) is 36.5 Å². The second-order valence-corrected chi connectivity index (χ2v) is 7.08. The maximum Gasteiger partial charge on any atom is 0.319 e. The van der Waals surface area contributed by atoms with Crippen LogP contribution < -0.4 is 10.6 Å². The fourth-order valence-electron chi connectivity index (χ4n) is 3.46. The summed E-state index contributed by atoms with van der Waals surface area (Å²) in [5.41, 5.74) is 4.56. The highest BCUT2D eigenvalue weighted by atomic mass is 16.2. The number of hydrogen-bond acceptors (Lipinski definition) is 2. The Kier molecular flexibility index (Phi) is 4.57. The van der Waals surface area contributed by atoms with Crippen molar-refractivity contribution in [3.05, 3.63) is 71.8 Å². The molecule has 4 rings (SSSR count). The van der Waals surface area contributed by atoms with Crippen molar-refractivity contribution in [1.29, 1.82) is 0 Å². The fraction of sp³-hybridized carbons (Fsp3) is 0.273. The number of anilines is 1. The molecular weight excluding hydrogens is 322 g/mol. The van der Waals surface area contributed by atoms with Crippen LogP contribution in [0.25, 0.3) is 5.57 Å². The number of nitrogens with zero attached hydrogens (tertiary/aromatic N) is 1. The Labute approximate surface area is 154 Å². The Morgan fingerprint density at radius 2 is 1.85 bits per heavy atom. The second kappa shape index (κ2) is 7.16. The van der Waals surface area contributed by atoms with Crippen LogP contribution in [0.1, 0.15) is 36.8 Å². The minimum atomic E-state index is -0.140. The highest BCUT2D eigenvalue weighted by molar-refractivity contribution is 5.90. The first-order valence-electron chi connectivity index (χ1n) is 9.14. The molecule has 1 unspecified atom stereocenters. The maximum absolute atomic E-state index is 12.2. The Morgan fingerprint density at radius 3 is 2.58 bits per heavy atom. The van der Waals surface area contributed by atoms with Gasteiger partial charge in [0.05, 0.1) is 6.04 Å². The fourth-order valence-corrected chi connectivity index (χ4v) is 3.46. The van der Waals surface area contributed by atoms with Crippen LogP contribution in [0.15, 0.2) is 65.7 Å². The van der Waals surface area contributed by atoms with Crippen molar-refractivity contribution >= 4 is 23.5 Å². The van der Waals surface area contributed by atoms with Crippen LogP contribution in [-0.4, -0.2) is 24.3 Å². The molecule has 2 aromatic rings. The Balaban J connectivity index is 1.31. The van der Waals surface area contributed by atoms with Crippen LogP contribution in [0.2, 0.25) is 0 Å². The van der Waals surface area contributed by atoms with E-state index < -0.39 is 0 Å². The normalized spacial score (nSPS) is 23.9. The summed E-state index contributed by atoms with van der Waals surface area (Å²) in [6.07, 6.45) is 5.89. The summed E-state index contributed by atoms with van der Waals surface area (Å²) in [6, 6.07) is 18.8.